The second kappa shape index (κ2) is 8.78. The van der Waals surface area contributed by atoms with Gasteiger partial charge in [0, 0.05) is 31.6 Å². The fraction of sp³-hybridized carbons (Fsp3) is 0.417. The van der Waals surface area contributed by atoms with Crippen LogP contribution in [0, 0.1) is 6.92 Å². The van der Waals surface area contributed by atoms with Gasteiger partial charge in [-0.2, -0.15) is 0 Å². The molecule has 5 heteroatoms. The predicted octanol–water partition coefficient (Wildman–Crippen LogP) is 4.04. The van der Waals surface area contributed by atoms with Gasteiger partial charge in [-0.05, 0) is 74.5 Å². The van der Waals surface area contributed by atoms with Crippen molar-refractivity contribution in [2.45, 2.75) is 39.0 Å². The van der Waals surface area contributed by atoms with E-state index in [0.29, 0.717) is 19.0 Å². The second-order valence-electron chi connectivity index (χ2n) is 8.00. The molecule has 1 fully saturated rings. The largest absolute Gasteiger partial charge is 0.342 e. The number of piperidine rings is 1. The molecule has 0 bridgehead atoms. The number of carbonyl (C=O) groups excluding carboxylic acids is 1. The molecule has 2 aromatic carbocycles. The molecular formula is C24H30N4O. The summed E-state index contributed by atoms with van der Waals surface area (Å²) in [6, 6.07) is 14.4. The molecule has 1 aliphatic heterocycles. The van der Waals surface area contributed by atoms with Gasteiger partial charge in [0.1, 0.15) is 5.82 Å². The van der Waals surface area contributed by atoms with E-state index < -0.39 is 0 Å². The first kappa shape index (κ1) is 19.6. The van der Waals surface area contributed by atoms with Crippen LogP contribution in [0.4, 0.5) is 0 Å². The summed E-state index contributed by atoms with van der Waals surface area (Å²) in [6.45, 7) is 7.60. The minimum atomic E-state index is 0.0905. The lowest BCUT2D eigenvalue weighted by Crippen LogP contribution is -2.33. The van der Waals surface area contributed by atoms with Crippen LogP contribution in [0.3, 0.4) is 0 Å². The highest BCUT2D eigenvalue weighted by atomic mass is 16.2. The van der Waals surface area contributed by atoms with Crippen molar-refractivity contribution in [3.05, 3.63) is 65.0 Å². The average Bonchev–Trinajstić information content (AvgIpc) is 3.16. The highest BCUT2D eigenvalue weighted by molar-refractivity contribution is 5.94. The third kappa shape index (κ3) is 4.51. The summed E-state index contributed by atoms with van der Waals surface area (Å²) in [5.74, 6) is 1.58. The Hall–Kier alpha value is -2.66. The molecule has 2 N–H and O–H groups in total. The first-order chi connectivity index (χ1) is 14.1. The zero-order valence-corrected chi connectivity index (χ0v) is 17.4. The number of aromatic amines is 1. The fourth-order valence-electron chi connectivity index (χ4n) is 4.16. The number of carbonyl (C=O) groups is 1. The Morgan fingerprint density at radius 2 is 2.03 bits per heavy atom. The third-order valence-corrected chi connectivity index (χ3v) is 5.90. The molecule has 5 nitrogen and oxygen atoms in total. The summed E-state index contributed by atoms with van der Waals surface area (Å²) in [4.78, 5) is 22.9. The van der Waals surface area contributed by atoms with E-state index in [1.54, 1.807) is 0 Å². The summed E-state index contributed by atoms with van der Waals surface area (Å²) in [6.07, 6.45) is 3.16. The van der Waals surface area contributed by atoms with Crippen LogP contribution in [0.15, 0.2) is 42.5 Å². The Labute approximate surface area is 172 Å². The zero-order valence-electron chi connectivity index (χ0n) is 17.4. The van der Waals surface area contributed by atoms with E-state index in [4.69, 9.17) is 0 Å². The summed E-state index contributed by atoms with van der Waals surface area (Å²) < 4.78 is 0. The molecule has 1 aliphatic rings. The number of nitrogens with one attached hydrogen (secondary N) is 2. The van der Waals surface area contributed by atoms with Gasteiger partial charge in [0.2, 0.25) is 0 Å². The quantitative estimate of drug-likeness (QED) is 0.668. The molecular weight excluding hydrogens is 360 g/mol. The molecule has 3 aromatic rings. The first-order valence-corrected chi connectivity index (χ1v) is 10.7. The Balaban J connectivity index is 1.40. The molecule has 29 heavy (non-hydrogen) atoms. The molecule has 1 atom stereocenters. The van der Waals surface area contributed by atoms with E-state index in [2.05, 4.69) is 46.5 Å². The molecule has 1 amide bonds. The number of likely N-dealkylation sites (N-methyl/N-ethyl adjacent to an activating group) is 1. The molecule has 0 radical (unpaired) electrons. The van der Waals surface area contributed by atoms with Gasteiger partial charge in [0.15, 0.2) is 0 Å². The van der Waals surface area contributed by atoms with Crippen molar-refractivity contribution < 1.29 is 4.79 Å². The normalized spacial score (nSPS) is 16.8. The maximum Gasteiger partial charge on any atom is 0.253 e. The van der Waals surface area contributed by atoms with Gasteiger partial charge in [0.25, 0.3) is 5.91 Å². The number of rotatable bonds is 6. The molecule has 1 saturated heterocycles. The molecule has 152 valence electrons. The van der Waals surface area contributed by atoms with Gasteiger partial charge >= 0.3 is 0 Å². The molecule has 0 spiro atoms. The van der Waals surface area contributed by atoms with Gasteiger partial charge in [-0.25, -0.2) is 4.98 Å². The fourth-order valence-corrected chi connectivity index (χ4v) is 4.16. The van der Waals surface area contributed by atoms with Crippen molar-refractivity contribution >= 4 is 16.9 Å². The van der Waals surface area contributed by atoms with Gasteiger partial charge < -0.3 is 15.2 Å². The maximum absolute atomic E-state index is 13.0. The Morgan fingerprint density at radius 3 is 2.76 bits per heavy atom. The summed E-state index contributed by atoms with van der Waals surface area (Å²) in [5.41, 5.74) is 5.34. The van der Waals surface area contributed by atoms with E-state index in [1.165, 1.54) is 24.0 Å². The Bertz CT molecular complexity index is 970. The van der Waals surface area contributed by atoms with Gasteiger partial charge in [-0.15, -0.1) is 0 Å². The van der Waals surface area contributed by atoms with E-state index in [0.717, 1.165) is 41.9 Å². The van der Waals surface area contributed by atoms with E-state index in [1.807, 2.05) is 30.0 Å². The Kier molecular flexibility index (Phi) is 5.95. The number of amides is 1. The highest BCUT2D eigenvalue weighted by Crippen LogP contribution is 2.23. The number of aryl methyl sites for hydroxylation is 1. The lowest BCUT2D eigenvalue weighted by molar-refractivity contribution is 0.0765. The van der Waals surface area contributed by atoms with Crippen LogP contribution in [0.1, 0.15) is 53.0 Å². The van der Waals surface area contributed by atoms with Crippen molar-refractivity contribution in [3.8, 4) is 0 Å². The van der Waals surface area contributed by atoms with E-state index in [9.17, 15) is 4.79 Å². The van der Waals surface area contributed by atoms with Crippen molar-refractivity contribution in [1.82, 2.24) is 20.2 Å². The number of imidazole rings is 1. The molecule has 0 saturated carbocycles. The monoisotopic (exact) mass is 390 g/mol. The van der Waals surface area contributed by atoms with Crippen molar-refractivity contribution in [2.75, 3.05) is 26.2 Å². The predicted molar refractivity (Wildman–Crippen MR) is 117 cm³/mol. The van der Waals surface area contributed by atoms with Crippen LogP contribution in [-0.4, -0.2) is 47.0 Å². The molecule has 4 rings (SSSR count). The SMILES string of the molecule is CCN(CCc1nc2ccc(C)cc2[nH]1)C(=O)c1ccc(C2CCCNC2)cc1. The maximum atomic E-state index is 13.0. The minimum absolute atomic E-state index is 0.0905. The third-order valence-electron chi connectivity index (χ3n) is 5.90. The van der Waals surface area contributed by atoms with E-state index >= 15 is 0 Å². The first-order valence-electron chi connectivity index (χ1n) is 10.7. The second-order valence-corrected chi connectivity index (χ2v) is 8.00. The molecule has 1 aromatic heterocycles. The van der Waals surface area contributed by atoms with E-state index in [-0.39, 0.29) is 5.91 Å². The number of H-pyrrole nitrogens is 1. The van der Waals surface area contributed by atoms with Crippen LogP contribution in [0.5, 0.6) is 0 Å². The lowest BCUT2D eigenvalue weighted by Gasteiger charge is -2.24. The zero-order chi connectivity index (χ0) is 20.2. The van der Waals surface area contributed by atoms with Crippen LogP contribution >= 0.6 is 0 Å². The van der Waals surface area contributed by atoms with Crippen LogP contribution in [0.25, 0.3) is 11.0 Å². The molecule has 0 aliphatic carbocycles. The average molecular weight is 391 g/mol. The van der Waals surface area contributed by atoms with Gasteiger partial charge in [0.05, 0.1) is 11.0 Å². The van der Waals surface area contributed by atoms with Crippen molar-refractivity contribution in [2.24, 2.45) is 0 Å². The van der Waals surface area contributed by atoms with Crippen LogP contribution in [0.2, 0.25) is 0 Å². The summed E-state index contributed by atoms with van der Waals surface area (Å²) >= 11 is 0. The lowest BCUT2D eigenvalue weighted by atomic mass is 9.91. The Morgan fingerprint density at radius 1 is 1.21 bits per heavy atom. The number of benzene rings is 2. The summed E-state index contributed by atoms with van der Waals surface area (Å²) in [5, 5.41) is 3.46. The standard InChI is InChI=1S/C24H30N4O/c1-3-28(14-12-23-26-21-11-6-17(2)15-22(21)27-23)24(29)19-9-7-18(8-10-19)20-5-4-13-25-16-20/h6-11,15,20,25H,3-5,12-14,16H2,1-2H3,(H,26,27). The molecule has 2 heterocycles. The number of fused-ring (bicyclic) bond motifs is 1. The topological polar surface area (TPSA) is 61.0 Å². The smallest absolute Gasteiger partial charge is 0.253 e. The van der Waals surface area contributed by atoms with Crippen LogP contribution in [-0.2, 0) is 6.42 Å². The molecule has 1 unspecified atom stereocenters. The highest BCUT2D eigenvalue weighted by Gasteiger charge is 2.18. The van der Waals surface area contributed by atoms with Gasteiger partial charge in [-0.1, -0.05) is 18.2 Å². The minimum Gasteiger partial charge on any atom is -0.342 e. The van der Waals surface area contributed by atoms with Gasteiger partial charge in [-0.3, -0.25) is 4.79 Å². The van der Waals surface area contributed by atoms with Crippen LogP contribution < -0.4 is 5.32 Å². The van der Waals surface area contributed by atoms with Crippen molar-refractivity contribution in [3.63, 3.8) is 0 Å². The number of nitrogens with zero attached hydrogens (tertiary/aromatic N) is 2. The van der Waals surface area contributed by atoms with Crippen molar-refractivity contribution in [1.29, 1.82) is 0 Å². The number of hydrogen-bond donors (Lipinski definition) is 2. The summed E-state index contributed by atoms with van der Waals surface area (Å²) in [7, 11) is 0. The number of aromatic nitrogens is 2. The number of hydrogen-bond acceptors (Lipinski definition) is 3.